The second kappa shape index (κ2) is 3.00. The number of carbonyl (C=O) groups is 1. The molecule has 1 unspecified atom stereocenters. The van der Waals surface area contributed by atoms with Crippen molar-refractivity contribution in [1.29, 1.82) is 0 Å². The van der Waals surface area contributed by atoms with Gasteiger partial charge in [-0.3, -0.25) is 4.79 Å². The summed E-state index contributed by atoms with van der Waals surface area (Å²) in [5.41, 5.74) is 0. The summed E-state index contributed by atoms with van der Waals surface area (Å²) in [6.45, 7) is 4.32. The maximum Gasteiger partial charge on any atom is 0.158 e. The number of hydrogen-bond acceptors (Lipinski definition) is 1. The van der Waals surface area contributed by atoms with Crippen molar-refractivity contribution in [1.82, 2.24) is 0 Å². The molecule has 0 aliphatic heterocycles. The molecule has 0 aromatic carbocycles. The van der Waals surface area contributed by atoms with Gasteiger partial charge in [0.05, 0.1) is 0 Å². The number of carbonyl (C=O) groups excluding carboxylic acids is 1. The topological polar surface area (TPSA) is 17.1 Å². The quantitative estimate of drug-likeness (QED) is 0.571. The van der Waals surface area contributed by atoms with Crippen molar-refractivity contribution in [3.63, 3.8) is 0 Å². The van der Waals surface area contributed by atoms with Crippen LogP contribution in [0.4, 0.5) is 0 Å². The van der Waals surface area contributed by atoms with Gasteiger partial charge in [0.1, 0.15) is 0 Å². The van der Waals surface area contributed by atoms with Gasteiger partial charge in [-0.25, -0.2) is 0 Å². The van der Waals surface area contributed by atoms with Crippen LogP contribution in [0.25, 0.3) is 0 Å². The Morgan fingerprint density at radius 2 is 2.40 bits per heavy atom. The van der Waals surface area contributed by atoms with E-state index in [1.54, 1.807) is 6.08 Å². The maximum atomic E-state index is 11.0. The second-order valence-corrected chi connectivity index (χ2v) is 3.37. The zero-order valence-corrected chi connectivity index (χ0v) is 6.63. The van der Waals surface area contributed by atoms with E-state index in [1.807, 2.05) is 6.08 Å². The van der Waals surface area contributed by atoms with Gasteiger partial charge in [0.2, 0.25) is 0 Å². The average Bonchev–Trinajstić information content (AvgIpc) is 2.15. The minimum Gasteiger partial charge on any atom is -0.295 e. The maximum absolute atomic E-state index is 11.0. The molecule has 0 amide bonds. The van der Waals surface area contributed by atoms with E-state index in [1.165, 1.54) is 0 Å². The first kappa shape index (κ1) is 7.52. The van der Waals surface area contributed by atoms with Crippen LogP contribution in [0.5, 0.6) is 0 Å². The van der Waals surface area contributed by atoms with Gasteiger partial charge >= 0.3 is 0 Å². The summed E-state index contributed by atoms with van der Waals surface area (Å²) in [5, 5.41) is 0. The van der Waals surface area contributed by atoms with E-state index in [-0.39, 0.29) is 0 Å². The minimum absolute atomic E-state index is 0.306. The molecule has 0 bridgehead atoms. The predicted octanol–water partition coefficient (Wildman–Crippen LogP) is 2.18. The second-order valence-electron chi connectivity index (χ2n) is 3.37. The molecule has 0 aromatic rings. The zero-order chi connectivity index (χ0) is 7.56. The third-order valence-corrected chi connectivity index (χ3v) is 1.86. The first-order valence-electron chi connectivity index (χ1n) is 3.90. The van der Waals surface area contributed by atoms with Gasteiger partial charge < -0.3 is 0 Å². The molecule has 1 heteroatoms. The highest BCUT2D eigenvalue weighted by Gasteiger charge is 2.19. The Morgan fingerprint density at radius 3 is 2.80 bits per heavy atom. The third kappa shape index (κ3) is 1.69. The lowest BCUT2D eigenvalue weighted by atomic mass is 9.95. The van der Waals surface area contributed by atoms with Gasteiger partial charge in [0.25, 0.3) is 0 Å². The fourth-order valence-electron chi connectivity index (χ4n) is 1.38. The monoisotopic (exact) mass is 138 g/mol. The third-order valence-electron chi connectivity index (χ3n) is 1.86. The zero-order valence-electron chi connectivity index (χ0n) is 6.63. The fourth-order valence-corrected chi connectivity index (χ4v) is 1.38. The van der Waals surface area contributed by atoms with Crippen molar-refractivity contribution in [2.75, 3.05) is 0 Å². The van der Waals surface area contributed by atoms with Crippen LogP contribution >= 0.6 is 0 Å². The summed E-state index contributed by atoms with van der Waals surface area (Å²) in [6.07, 6.45) is 5.71. The molecule has 56 valence electrons. The first-order valence-corrected chi connectivity index (χ1v) is 3.90. The van der Waals surface area contributed by atoms with Gasteiger partial charge in [0, 0.05) is 5.92 Å². The molecular weight excluding hydrogens is 124 g/mol. The number of ketones is 1. The Bertz CT molecular complexity index is 156. The molecule has 0 aromatic heterocycles. The summed E-state index contributed by atoms with van der Waals surface area (Å²) >= 11 is 0. The Hall–Kier alpha value is -0.590. The van der Waals surface area contributed by atoms with E-state index < -0.39 is 0 Å². The molecule has 1 aliphatic rings. The van der Waals surface area contributed by atoms with Crippen LogP contribution in [-0.4, -0.2) is 5.78 Å². The Kier molecular flexibility index (Phi) is 2.25. The smallest absolute Gasteiger partial charge is 0.158 e. The summed E-state index contributed by atoms with van der Waals surface area (Å²) in [5.74, 6) is 1.28. The molecule has 1 rings (SSSR count). The molecule has 0 saturated carbocycles. The summed E-state index contributed by atoms with van der Waals surface area (Å²) in [6, 6.07) is 0. The highest BCUT2D eigenvalue weighted by Crippen LogP contribution is 2.21. The lowest BCUT2D eigenvalue weighted by Crippen LogP contribution is -2.09. The molecular formula is C9H14O. The lowest BCUT2D eigenvalue weighted by molar-refractivity contribution is -0.117. The van der Waals surface area contributed by atoms with Crippen LogP contribution in [0.3, 0.4) is 0 Å². The molecule has 1 aliphatic carbocycles. The van der Waals surface area contributed by atoms with E-state index >= 15 is 0 Å². The molecule has 0 fully saturated rings. The van der Waals surface area contributed by atoms with Crippen molar-refractivity contribution in [3.05, 3.63) is 12.2 Å². The normalized spacial score (nSPS) is 24.7. The highest BCUT2D eigenvalue weighted by atomic mass is 16.1. The highest BCUT2D eigenvalue weighted by molar-refractivity contribution is 5.93. The Labute approximate surface area is 62.1 Å². The SMILES string of the molecule is CC(C)CC1CC=CC1=O. The van der Waals surface area contributed by atoms with Crippen LogP contribution in [-0.2, 0) is 4.79 Å². The van der Waals surface area contributed by atoms with Gasteiger partial charge in [-0.1, -0.05) is 19.9 Å². The van der Waals surface area contributed by atoms with E-state index in [0.29, 0.717) is 17.6 Å². The van der Waals surface area contributed by atoms with Crippen molar-refractivity contribution in [2.24, 2.45) is 11.8 Å². The average molecular weight is 138 g/mol. The molecule has 0 radical (unpaired) electrons. The molecule has 0 spiro atoms. The van der Waals surface area contributed by atoms with E-state index in [9.17, 15) is 4.79 Å². The molecule has 1 nitrogen and oxygen atoms in total. The first-order chi connectivity index (χ1) is 4.70. The van der Waals surface area contributed by atoms with Crippen LogP contribution in [0.1, 0.15) is 26.7 Å². The van der Waals surface area contributed by atoms with Crippen LogP contribution in [0.15, 0.2) is 12.2 Å². The summed E-state index contributed by atoms with van der Waals surface area (Å²) in [4.78, 5) is 11.0. The van der Waals surface area contributed by atoms with Crippen molar-refractivity contribution in [3.8, 4) is 0 Å². The molecule has 0 heterocycles. The fraction of sp³-hybridized carbons (Fsp3) is 0.667. The molecule has 0 saturated heterocycles. The van der Waals surface area contributed by atoms with Gasteiger partial charge in [0.15, 0.2) is 5.78 Å². The van der Waals surface area contributed by atoms with Crippen molar-refractivity contribution < 1.29 is 4.79 Å². The van der Waals surface area contributed by atoms with Crippen molar-refractivity contribution in [2.45, 2.75) is 26.7 Å². The predicted molar refractivity (Wildman–Crippen MR) is 41.7 cm³/mol. The van der Waals surface area contributed by atoms with E-state index in [4.69, 9.17) is 0 Å². The Balaban J connectivity index is 2.37. The molecule has 10 heavy (non-hydrogen) atoms. The lowest BCUT2D eigenvalue weighted by Gasteiger charge is -2.09. The standard InChI is InChI=1S/C9H14O/c1-7(2)6-8-4-3-5-9(8)10/h3,5,7-8H,4,6H2,1-2H3. The van der Waals surface area contributed by atoms with Gasteiger partial charge in [-0.05, 0) is 24.8 Å². The Morgan fingerprint density at radius 1 is 1.70 bits per heavy atom. The summed E-state index contributed by atoms with van der Waals surface area (Å²) < 4.78 is 0. The van der Waals surface area contributed by atoms with Crippen molar-refractivity contribution >= 4 is 5.78 Å². The van der Waals surface area contributed by atoms with E-state index in [2.05, 4.69) is 13.8 Å². The number of allylic oxidation sites excluding steroid dienone is 2. The molecule has 0 N–H and O–H groups in total. The van der Waals surface area contributed by atoms with Crippen LogP contribution < -0.4 is 0 Å². The number of rotatable bonds is 2. The van der Waals surface area contributed by atoms with Crippen LogP contribution in [0, 0.1) is 11.8 Å². The summed E-state index contributed by atoms with van der Waals surface area (Å²) in [7, 11) is 0. The van der Waals surface area contributed by atoms with Gasteiger partial charge in [-0.2, -0.15) is 0 Å². The molecule has 1 atom stereocenters. The number of hydrogen-bond donors (Lipinski definition) is 0. The van der Waals surface area contributed by atoms with E-state index in [0.717, 1.165) is 12.8 Å². The largest absolute Gasteiger partial charge is 0.295 e. The van der Waals surface area contributed by atoms with Gasteiger partial charge in [-0.15, -0.1) is 0 Å². The van der Waals surface area contributed by atoms with Crippen LogP contribution in [0.2, 0.25) is 0 Å². The minimum atomic E-state index is 0.306.